The molecule has 68 heavy (non-hydrogen) atoms. The molecule has 12 nitrogen and oxygen atoms in total. The van der Waals surface area contributed by atoms with Crippen LogP contribution >= 0.6 is 0 Å². The molecule has 2 amide bonds. The predicted octanol–water partition coefficient (Wildman–Crippen LogP) is 11.7. The lowest BCUT2D eigenvalue weighted by Gasteiger charge is -2.25. The SMILES string of the molecule is C[C@H](CC[C@H](C(=O)O)C1CC1)Oc1ccccc1CCCNC(=O)OCc1ccccc1.C[C@H](CC[C@H](C(=O)OC(C)(C)C)C1CC1)Oc1ccccc1CCCNC(=O)OCc1ccccc1. The Morgan fingerprint density at radius 3 is 1.38 bits per heavy atom. The first-order valence-corrected chi connectivity index (χ1v) is 24.6. The highest BCUT2D eigenvalue weighted by Gasteiger charge is 2.39. The van der Waals surface area contributed by atoms with Gasteiger partial charge in [-0.3, -0.25) is 9.59 Å². The first kappa shape index (κ1) is 52.9. The van der Waals surface area contributed by atoms with E-state index in [1.165, 1.54) is 0 Å². The third-order valence-corrected chi connectivity index (χ3v) is 12.0. The number of amides is 2. The van der Waals surface area contributed by atoms with Gasteiger partial charge in [-0.05, 0) is 158 Å². The molecule has 2 aliphatic rings. The number of esters is 1. The van der Waals surface area contributed by atoms with Crippen molar-refractivity contribution in [1.82, 2.24) is 10.6 Å². The number of carboxylic acids is 1. The Bertz CT molecular complexity index is 2130. The third-order valence-electron chi connectivity index (χ3n) is 12.0. The van der Waals surface area contributed by atoms with Crippen LogP contribution in [-0.2, 0) is 49.9 Å². The molecule has 2 saturated carbocycles. The van der Waals surface area contributed by atoms with E-state index >= 15 is 0 Å². The number of aliphatic carboxylic acids is 1. The summed E-state index contributed by atoms with van der Waals surface area (Å²) in [7, 11) is 0. The van der Waals surface area contributed by atoms with Crippen LogP contribution in [0.15, 0.2) is 109 Å². The van der Waals surface area contributed by atoms with E-state index in [4.69, 9.17) is 23.7 Å². The molecule has 4 atom stereocenters. The molecule has 0 saturated heterocycles. The highest BCUT2D eigenvalue weighted by Crippen LogP contribution is 2.41. The van der Waals surface area contributed by atoms with Crippen molar-refractivity contribution in [3.63, 3.8) is 0 Å². The molecule has 368 valence electrons. The summed E-state index contributed by atoms with van der Waals surface area (Å²) in [6, 6.07) is 35.1. The van der Waals surface area contributed by atoms with Gasteiger partial charge in [0.15, 0.2) is 0 Å². The normalized spacial score (nSPS) is 15.0. The van der Waals surface area contributed by atoms with Gasteiger partial charge in [-0.15, -0.1) is 0 Å². The summed E-state index contributed by atoms with van der Waals surface area (Å²) in [5, 5.41) is 15.0. The molecule has 4 aromatic rings. The van der Waals surface area contributed by atoms with E-state index < -0.39 is 23.8 Å². The quantitative estimate of drug-likeness (QED) is 0.0314. The molecule has 0 aliphatic heterocycles. The molecule has 2 fully saturated rings. The Balaban J connectivity index is 0.000000256. The first-order chi connectivity index (χ1) is 32.7. The monoisotopic (exact) mass is 935 g/mol. The van der Waals surface area contributed by atoms with Gasteiger partial charge >= 0.3 is 24.1 Å². The molecule has 0 unspecified atom stereocenters. The van der Waals surface area contributed by atoms with Gasteiger partial charge in [0.25, 0.3) is 0 Å². The Hall–Kier alpha value is -6.04. The number of carboxylic acid groups (broad SMARTS) is 1. The second kappa shape index (κ2) is 27.7. The van der Waals surface area contributed by atoms with Crippen LogP contribution in [0.1, 0.15) is 121 Å². The Kier molecular flexibility index (Phi) is 21.6. The molecule has 6 rings (SSSR count). The average molecular weight is 935 g/mol. The summed E-state index contributed by atoms with van der Waals surface area (Å²) in [4.78, 5) is 47.9. The first-order valence-electron chi connectivity index (χ1n) is 24.6. The largest absolute Gasteiger partial charge is 0.490 e. The van der Waals surface area contributed by atoms with Gasteiger partial charge in [0.05, 0.1) is 24.0 Å². The lowest BCUT2D eigenvalue weighted by Crippen LogP contribution is -2.30. The number of nitrogens with one attached hydrogen (secondary N) is 2. The zero-order chi connectivity index (χ0) is 48.7. The van der Waals surface area contributed by atoms with Crippen molar-refractivity contribution in [2.75, 3.05) is 13.1 Å². The number of hydrogen-bond acceptors (Lipinski definition) is 9. The molecule has 4 aromatic carbocycles. The van der Waals surface area contributed by atoms with Crippen molar-refractivity contribution in [1.29, 1.82) is 0 Å². The highest BCUT2D eigenvalue weighted by atomic mass is 16.6. The van der Waals surface area contributed by atoms with Crippen LogP contribution in [0.4, 0.5) is 9.59 Å². The van der Waals surface area contributed by atoms with Crippen molar-refractivity contribution in [3.8, 4) is 11.5 Å². The van der Waals surface area contributed by atoms with E-state index in [-0.39, 0.29) is 43.2 Å². The van der Waals surface area contributed by atoms with Gasteiger partial charge < -0.3 is 39.4 Å². The molecular weight excluding hydrogens is 861 g/mol. The minimum absolute atomic E-state index is 0.0130. The van der Waals surface area contributed by atoms with Crippen LogP contribution in [0.2, 0.25) is 0 Å². The second-order valence-electron chi connectivity index (χ2n) is 19.2. The van der Waals surface area contributed by atoms with Crippen LogP contribution in [0, 0.1) is 23.7 Å². The number of aryl methyl sites for hydroxylation is 2. The lowest BCUT2D eigenvalue weighted by molar-refractivity contribution is -0.161. The van der Waals surface area contributed by atoms with Gasteiger partial charge in [0, 0.05) is 13.1 Å². The summed E-state index contributed by atoms with van der Waals surface area (Å²) in [6.07, 6.45) is 9.40. The fourth-order valence-electron chi connectivity index (χ4n) is 8.00. The molecule has 0 aromatic heterocycles. The maximum Gasteiger partial charge on any atom is 0.407 e. The van der Waals surface area contributed by atoms with Crippen molar-refractivity contribution in [2.45, 2.75) is 143 Å². The summed E-state index contributed by atoms with van der Waals surface area (Å²) < 4.78 is 28.6. The third kappa shape index (κ3) is 20.4. The fraction of sp³-hybridized carbons (Fsp3) is 0.500. The second-order valence-corrected chi connectivity index (χ2v) is 19.2. The summed E-state index contributed by atoms with van der Waals surface area (Å²) in [6.45, 7) is 11.4. The Morgan fingerprint density at radius 2 is 0.971 bits per heavy atom. The van der Waals surface area contributed by atoms with Crippen LogP contribution in [0.25, 0.3) is 0 Å². The van der Waals surface area contributed by atoms with Gasteiger partial charge in [0.1, 0.15) is 30.3 Å². The van der Waals surface area contributed by atoms with Crippen molar-refractivity contribution < 1.29 is 48.0 Å². The van der Waals surface area contributed by atoms with Gasteiger partial charge in [0.2, 0.25) is 0 Å². The van der Waals surface area contributed by atoms with Gasteiger partial charge in [-0.25, -0.2) is 9.59 Å². The topological polar surface area (TPSA) is 159 Å². The molecule has 2 aliphatic carbocycles. The summed E-state index contributed by atoms with van der Waals surface area (Å²) in [5.74, 6) is 1.43. The van der Waals surface area contributed by atoms with E-state index in [0.717, 1.165) is 104 Å². The van der Waals surface area contributed by atoms with Crippen LogP contribution < -0.4 is 20.1 Å². The fourth-order valence-corrected chi connectivity index (χ4v) is 8.00. The number of carbonyl (C=O) groups excluding carboxylic acids is 3. The maximum atomic E-state index is 12.7. The van der Waals surface area contributed by atoms with Crippen LogP contribution in [-0.4, -0.2) is 60.1 Å². The molecule has 3 N–H and O–H groups in total. The lowest BCUT2D eigenvalue weighted by atomic mass is 9.96. The summed E-state index contributed by atoms with van der Waals surface area (Å²) >= 11 is 0. The Labute approximate surface area is 403 Å². The highest BCUT2D eigenvalue weighted by molar-refractivity contribution is 5.73. The zero-order valence-electron chi connectivity index (χ0n) is 40.8. The number of rotatable bonds is 26. The number of para-hydroxylation sites is 2. The van der Waals surface area contributed by atoms with E-state index in [9.17, 15) is 24.3 Å². The molecule has 12 heteroatoms. The molecule has 0 radical (unpaired) electrons. The van der Waals surface area contributed by atoms with Gasteiger partial charge in [-0.1, -0.05) is 97.1 Å². The number of benzene rings is 4. The number of alkyl carbamates (subject to hydrolysis) is 2. The van der Waals surface area contributed by atoms with Gasteiger partial charge in [-0.2, -0.15) is 0 Å². The predicted molar refractivity (Wildman–Crippen MR) is 263 cm³/mol. The minimum Gasteiger partial charge on any atom is -0.490 e. The van der Waals surface area contributed by atoms with E-state index in [0.29, 0.717) is 31.3 Å². The smallest absolute Gasteiger partial charge is 0.407 e. The van der Waals surface area contributed by atoms with E-state index in [1.807, 2.05) is 131 Å². The summed E-state index contributed by atoms with van der Waals surface area (Å²) in [5.41, 5.74) is 3.64. The molecule has 0 bridgehead atoms. The van der Waals surface area contributed by atoms with Crippen molar-refractivity contribution in [3.05, 3.63) is 131 Å². The van der Waals surface area contributed by atoms with Crippen LogP contribution in [0.5, 0.6) is 11.5 Å². The standard InChI is InChI=1S/C30H41NO5.C26H33NO5/c1-22(16-19-26(24-17-18-24)28(32)36-30(2,3)4)35-27-15-9-8-13-25(27)14-10-20-31-29(33)34-21-23-11-6-5-7-12-23;1-19(13-16-23(25(28)29)21-14-15-21)32-24-12-6-5-10-22(24)11-7-17-27-26(30)31-18-20-8-3-2-4-9-20/h5-9,11-13,15,22,24,26H,10,14,16-21H2,1-4H3,(H,31,33);2-6,8-10,12,19,21,23H,7,11,13-18H2,1H3,(H,27,30)(H,28,29)/t22-,26+;19-,23+/m11/s1. The van der Waals surface area contributed by atoms with Crippen molar-refractivity contribution >= 4 is 24.1 Å². The van der Waals surface area contributed by atoms with E-state index in [1.54, 1.807) is 0 Å². The number of carbonyl (C=O) groups is 4. The number of hydrogen-bond donors (Lipinski definition) is 3. The average Bonchev–Trinajstić information content (AvgIpc) is 4.26. The molecule has 0 spiro atoms. The van der Waals surface area contributed by atoms with Crippen LogP contribution in [0.3, 0.4) is 0 Å². The maximum absolute atomic E-state index is 12.7. The number of ether oxygens (including phenoxy) is 5. The van der Waals surface area contributed by atoms with Crippen molar-refractivity contribution in [2.24, 2.45) is 23.7 Å². The van der Waals surface area contributed by atoms with E-state index in [2.05, 4.69) is 23.6 Å². The molecular formula is C56H74N2O10. The Morgan fingerprint density at radius 1 is 0.574 bits per heavy atom. The molecule has 0 heterocycles. The zero-order valence-corrected chi connectivity index (χ0v) is 40.8. The minimum atomic E-state index is -0.685.